The number of amides is 2. The van der Waals surface area contributed by atoms with E-state index in [9.17, 15) is 13.2 Å². The third-order valence-corrected chi connectivity index (χ3v) is 5.96. The van der Waals surface area contributed by atoms with Crippen LogP contribution in [0.3, 0.4) is 0 Å². The number of halogens is 1. The van der Waals surface area contributed by atoms with E-state index in [0.717, 1.165) is 5.56 Å². The SMILES string of the molecule is CC(C)(C)C1N=CC(CN(C(N)=O)c2ccc(CNS(N)(=O)=O)cc2)(c2cccc(Cl)c2)O1. The molecule has 2 unspecified atom stereocenters. The molecule has 2 amide bonds. The van der Waals surface area contributed by atoms with E-state index in [0.29, 0.717) is 16.3 Å². The molecule has 1 heterocycles. The molecule has 2 aromatic rings. The Labute approximate surface area is 198 Å². The number of primary amides is 1. The molecule has 0 aromatic heterocycles. The summed E-state index contributed by atoms with van der Waals surface area (Å²) in [6, 6.07) is 13.2. The van der Waals surface area contributed by atoms with E-state index in [-0.39, 0.29) is 18.5 Å². The second kappa shape index (κ2) is 9.40. The predicted octanol–water partition coefficient (Wildman–Crippen LogP) is 2.89. The molecule has 1 aliphatic heterocycles. The average Bonchev–Trinajstić information content (AvgIpc) is 3.16. The fourth-order valence-electron chi connectivity index (χ4n) is 3.42. The first kappa shape index (κ1) is 25.1. The van der Waals surface area contributed by atoms with Gasteiger partial charge in [-0.1, -0.05) is 56.6 Å². The van der Waals surface area contributed by atoms with Gasteiger partial charge in [0.05, 0.1) is 6.54 Å². The molecule has 178 valence electrons. The lowest BCUT2D eigenvalue weighted by Crippen LogP contribution is -2.48. The van der Waals surface area contributed by atoms with Crippen LogP contribution in [0.25, 0.3) is 0 Å². The van der Waals surface area contributed by atoms with Crippen LogP contribution in [0.2, 0.25) is 5.02 Å². The maximum Gasteiger partial charge on any atom is 0.319 e. The number of carbonyl (C=O) groups is 1. The van der Waals surface area contributed by atoms with Gasteiger partial charge in [-0.15, -0.1) is 0 Å². The van der Waals surface area contributed by atoms with Gasteiger partial charge in [-0.25, -0.2) is 9.93 Å². The van der Waals surface area contributed by atoms with Gasteiger partial charge < -0.3 is 10.5 Å². The van der Waals surface area contributed by atoms with Crippen LogP contribution in [0, 0.1) is 5.41 Å². The molecular formula is C22H28ClN5O4S. The van der Waals surface area contributed by atoms with Gasteiger partial charge in [0.1, 0.15) is 5.60 Å². The topological polar surface area (TPSA) is 140 Å². The number of rotatable bonds is 7. The Morgan fingerprint density at radius 1 is 1.24 bits per heavy atom. The molecule has 5 N–H and O–H groups in total. The van der Waals surface area contributed by atoms with Crippen molar-refractivity contribution in [2.45, 2.75) is 39.1 Å². The fraction of sp³-hybridized carbons (Fsp3) is 0.364. The maximum atomic E-state index is 12.5. The molecule has 0 saturated heterocycles. The summed E-state index contributed by atoms with van der Waals surface area (Å²) in [6.07, 6.45) is 1.27. The molecule has 0 saturated carbocycles. The van der Waals surface area contributed by atoms with Crippen molar-refractivity contribution in [3.8, 4) is 0 Å². The van der Waals surface area contributed by atoms with Gasteiger partial charge in [-0.2, -0.15) is 13.1 Å². The minimum absolute atomic E-state index is 0.0190. The lowest BCUT2D eigenvalue weighted by molar-refractivity contribution is -0.0698. The van der Waals surface area contributed by atoms with Crippen molar-refractivity contribution in [3.63, 3.8) is 0 Å². The Bertz CT molecular complexity index is 1150. The number of anilines is 1. The van der Waals surface area contributed by atoms with Gasteiger partial charge >= 0.3 is 6.03 Å². The van der Waals surface area contributed by atoms with Gasteiger partial charge in [-0.05, 0) is 35.4 Å². The summed E-state index contributed by atoms with van der Waals surface area (Å²) in [5, 5.41) is 5.50. The molecule has 2 aromatic carbocycles. The number of urea groups is 1. The number of nitrogens with zero attached hydrogens (tertiary/aromatic N) is 2. The number of benzene rings is 2. The summed E-state index contributed by atoms with van der Waals surface area (Å²) in [5.41, 5.74) is 6.32. The highest BCUT2D eigenvalue weighted by molar-refractivity contribution is 7.87. The molecule has 0 spiro atoms. The third kappa shape index (κ3) is 6.30. The Balaban J connectivity index is 1.93. The molecule has 0 bridgehead atoms. The lowest BCUT2D eigenvalue weighted by atomic mass is 9.92. The summed E-state index contributed by atoms with van der Waals surface area (Å²) >= 11 is 6.24. The second-order valence-electron chi connectivity index (χ2n) is 8.97. The molecule has 9 nitrogen and oxygen atoms in total. The van der Waals surface area contributed by atoms with Crippen molar-refractivity contribution in [1.29, 1.82) is 0 Å². The van der Waals surface area contributed by atoms with Gasteiger partial charge in [0.2, 0.25) is 0 Å². The maximum absolute atomic E-state index is 12.5. The number of ether oxygens (including phenoxy) is 1. The minimum Gasteiger partial charge on any atom is -0.351 e. The first-order valence-corrected chi connectivity index (χ1v) is 12.1. The average molecular weight is 494 g/mol. The van der Waals surface area contributed by atoms with E-state index < -0.39 is 28.1 Å². The molecule has 0 aliphatic carbocycles. The number of aliphatic imine (C=N–C) groups is 1. The Hall–Kier alpha value is -2.50. The Kier molecular flexibility index (Phi) is 7.15. The normalized spacial score (nSPS) is 20.7. The van der Waals surface area contributed by atoms with Crippen molar-refractivity contribution in [2.75, 3.05) is 11.4 Å². The molecule has 11 heteroatoms. The predicted molar refractivity (Wildman–Crippen MR) is 129 cm³/mol. The number of hydrogen-bond donors (Lipinski definition) is 3. The van der Waals surface area contributed by atoms with Crippen molar-refractivity contribution in [1.82, 2.24) is 4.72 Å². The van der Waals surface area contributed by atoms with Crippen LogP contribution in [0.15, 0.2) is 53.5 Å². The molecular weight excluding hydrogens is 466 g/mol. The van der Waals surface area contributed by atoms with Crippen LogP contribution >= 0.6 is 11.6 Å². The summed E-state index contributed by atoms with van der Waals surface area (Å²) in [6.45, 7) is 6.13. The monoisotopic (exact) mass is 493 g/mol. The summed E-state index contributed by atoms with van der Waals surface area (Å²) in [4.78, 5) is 18.4. The van der Waals surface area contributed by atoms with Gasteiger partial charge in [0.25, 0.3) is 10.2 Å². The first-order chi connectivity index (χ1) is 15.3. The highest BCUT2D eigenvalue weighted by atomic mass is 35.5. The van der Waals surface area contributed by atoms with E-state index in [1.54, 1.807) is 42.6 Å². The van der Waals surface area contributed by atoms with Crippen LogP contribution in [0.5, 0.6) is 0 Å². The smallest absolute Gasteiger partial charge is 0.319 e. The zero-order valence-electron chi connectivity index (χ0n) is 18.7. The molecule has 3 rings (SSSR count). The van der Waals surface area contributed by atoms with Gasteiger partial charge in [0.15, 0.2) is 6.23 Å². The van der Waals surface area contributed by atoms with Crippen molar-refractivity contribution >= 4 is 39.7 Å². The minimum atomic E-state index is -3.81. The van der Waals surface area contributed by atoms with Crippen LogP contribution in [-0.4, -0.2) is 33.4 Å². The van der Waals surface area contributed by atoms with Crippen LogP contribution in [0.1, 0.15) is 31.9 Å². The van der Waals surface area contributed by atoms with Crippen molar-refractivity contribution in [2.24, 2.45) is 21.3 Å². The van der Waals surface area contributed by atoms with E-state index in [1.807, 2.05) is 32.9 Å². The second-order valence-corrected chi connectivity index (χ2v) is 10.8. The molecule has 0 fully saturated rings. The van der Waals surface area contributed by atoms with Gasteiger partial charge in [-0.3, -0.25) is 9.89 Å². The standard InChI is InChI=1S/C22H28ClN5O4S/c1-21(2,3)19-26-13-22(32-19,16-5-4-6-17(23)11-16)14-28(20(24)29)18-9-7-15(8-10-18)12-27-33(25,30)31/h4-11,13,19,27H,12,14H2,1-3H3,(H2,24,29)(H2,25,30,31). The first-order valence-electron chi connectivity index (χ1n) is 10.2. The third-order valence-electron chi connectivity index (χ3n) is 5.18. The molecule has 1 aliphatic rings. The highest BCUT2D eigenvalue weighted by Gasteiger charge is 2.45. The Morgan fingerprint density at radius 2 is 1.91 bits per heavy atom. The number of carbonyl (C=O) groups excluding carboxylic acids is 1. The zero-order chi connectivity index (χ0) is 24.4. The van der Waals surface area contributed by atoms with Crippen LogP contribution in [-0.2, 0) is 27.1 Å². The molecule has 2 atom stereocenters. The summed E-state index contributed by atoms with van der Waals surface area (Å²) < 4.78 is 30.9. The van der Waals surface area contributed by atoms with E-state index in [2.05, 4.69) is 9.71 Å². The number of hydrogen-bond acceptors (Lipinski definition) is 5. The molecule has 33 heavy (non-hydrogen) atoms. The van der Waals surface area contributed by atoms with Crippen LogP contribution < -0.4 is 20.5 Å². The zero-order valence-corrected chi connectivity index (χ0v) is 20.2. The van der Waals surface area contributed by atoms with E-state index in [1.165, 1.54) is 4.90 Å². The van der Waals surface area contributed by atoms with Crippen molar-refractivity contribution < 1.29 is 17.9 Å². The fourth-order valence-corrected chi connectivity index (χ4v) is 3.98. The highest BCUT2D eigenvalue weighted by Crippen LogP contribution is 2.39. The quantitative estimate of drug-likeness (QED) is 0.545. The van der Waals surface area contributed by atoms with Crippen molar-refractivity contribution in [3.05, 3.63) is 64.7 Å². The lowest BCUT2D eigenvalue weighted by Gasteiger charge is -2.36. The summed E-state index contributed by atoms with van der Waals surface area (Å²) in [5.74, 6) is 0. The van der Waals surface area contributed by atoms with Gasteiger partial charge in [0, 0.05) is 28.9 Å². The molecule has 0 radical (unpaired) electrons. The summed E-state index contributed by atoms with van der Waals surface area (Å²) in [7, 11) is -3.81. The Morgan fingerprint density at radius 3 is 2.42 bits per heavy atom. The van der Waals surface area contributed by atoms with E-state index in [4.69, 9.17) is 27.2 Å². The van der Waals surface area contributed by atoms with E-state index >= 15 is 0 Å². The number of nitrogens with two attached hydrogens (primary N) is 2. The largest absolute Gasteiger partial charge is 0.351 e. The number of nitrogens with one attached hydrogen (secondary N) is 1. The van der Waals surface area contributed by atoms with Crippen LogP contribution in [0.4, 0.5) is 10.5 Å².